The van der Waals surface area contributed by atoms with Gasteiger partial charge in [-0.2, -0.15) is 5.10 Å². The highest BCUT2D eigenvalue weighted by atomic mass is 32.2. The fourth-order valence-corrected chi connectivity index (χ4v) is 4.07. The molecule has 1 N–H and O–H groups in total. The molecule has 0 fully saturated rings. The first-order valence-electron chi connectivity index (χ1n) is 9.13. The molecule has 0 bridgehead atoms. The quantitative estimate of drug-likeness (QED) is 0.212. The Balaban J connectivity index is 1.53. The second-order valence-corrected chi connectivity index (χ2v) is 7.60. The largest absolute Gasteiger partial charge is 0.272 e. The van der Waals surface area contributed by atoms with Crippen molar-refractivity contribution in [1.82, 2.24) is 5.43 Å². The summed E-state index contributed by atoms with van der Waals surface area (Å²) in [6.07, 6.45) is 1.75. The fraction of sp³-hybridized carbons (Fsp3) is 0.0833. The smallest absolute Gasteiger partial charge is 0.250 e. The number of benzene rings is 4. The lowest BCUT2D eigenvalue weighted by atomic mass is 9.97. The third-order valence-corrected chi connectivity index (χ3v) is 5.82. The molecule has 0 aromatic heterocycles. The normalized spacial score (nSPS) is 11.3. The van der Waals surface area contributed by atoms with E-state index in [1.807, 2.05) is 55.5 Å². The number of nitrogens with one attached hydrogen (secondary N) is 1. The van der Waals surface area contributed by atoms with E-state index in [4.69, 9.17) is 0 Å². The molecule has 138 valence electrons. The van der Waals surface area contributed by atoms with Gasteiger partial charge >= 0.3 is 0 Å². The van der Waals surface area contributed by atoms with E-state index in [9.17, 15) is 4.79 Å². The number of amides is 1. The van der Waals surface area contributed by atoms with Crippen LogP contribution in [0.3, 0.4) is 0 Å². The Morgan fingerprint density at radius 1 is 0.929 bits per heavy atom. The lowest BCUT2D eigenvalue weighted by Crippen LogP contribution is -2.19. The van der Waals surface area contributed by atoms with E-state index in [-0.39, 0.29) is 5.91 Å². The molecule has 0 saturated heterocycles. The number of carbonyl (C=O) groups is 1. The standard InChI is InChI=1S/C24H20N2OS/c1-17-8-2-7-13-23(17)28-16-24(27)26-25-15-22-20-11-5-3-9-18(20)14-19-10-4-6-12-21(19)22/h2-15H,16H2,1H3,(H,26,27)/b25-15+. The highest BCUT2D eigenvalue weighted by Crippen LogP contribution is 2.27. The summed E-state index contributed by atoms with van der Waals surface area (Å²) in [5.74, 6) is 0.215. The number of hydrazone groups is 1. The van der Waals surface area contributed by atoms with Crippen LogP contribution in [-0.4, -0.2) is 17.9 Å². The molecule has 1 amide bonds. The summed E-state index contributed by atoms with van der Waals surface area (Å²) >= 11 is 1.52. The molecular formula is C24H20N2OS. The number of aryl methyl sites for hydroxylation is 1. The van der Waals surface area contributed by atoms with Crippen LogP contribution < -0.4 is 5.43 Å². The summed E-state index contributed by atoms with van der Waals surface area (Å²) in [7, 11) is 0. The van der Waals surface area contributed by atoms with Gasteiger partial charge in [0.05, 0.1) is 12.0 Å². The number of hydrogen-bond donors (Lipinski definition) is 1. The lowest BCUT2D eigenvalue weighted by molar-refractivity contribution is -0.118. The number of carbonyl (C=O) groups excluding carboxylic acids is 1. The summed E-state index contributed by atoms with van der Waals surface area (Å²) in [6.45, 7) is 2.05. The fourth-order valence-electron chi connectivity index (χ4n) is 3.25. The van der Waals surface area contributed by atoms with Crippen LogP contribution in [0, 0.1) is 6.92 Å². The maximum absolute atomic E-state index is 12.2. The molecule has 0 unspecified atom stereocenters. The van der Waals surface area contributed by atoms with Gasteiger partial charge in [-0.1, -0.05) is 66.7 Å². The van der Waals surface area contributed by atoms with Gasteiger partial charge in [0.2, 0.25) is 5.91 Å². The van der Waals surface area contributed by atoms with Crippen LogP contribution in [0.4, 0.5) is 0 Å². The summed E-state index contributed by atoms with van der Waals surface area (Å²) in [5.41, 5.74) is 4.85. The van der Waals surface area contributed by atoms with Crippen molar-refractivity contribution >= 4 is 45.4 Å². The molecule has 0 spiro atoms. The van der Waals surface area contributed by atoms with Crippen molar-refractivity contribution in [2.45, 2.75) is 11.8 Å². The van der Waals surface area contributed by atoms with E-state index in [1.165, 1.54) is 17.3 Å². The monoisotopic (exact) mass is 384 g/mol. The van der Waals surface area contributed by atoms with Gasteiger partial charge in [-0.3, -0.25) is 4.79 Å². The molecule has 28 heavy (non-hydrogen) atoms. The predicted octanol–water partition coefficient (Wildman–Crippen LogP) is 5.54. The Kier molecular flexibility index (Phi) is 5.40. The van der Waals surface area contributed by atoms with E-state index in [0.29, 0.717) is 5.75 Å². The lowest BCUT2D eigenvalue weighted by Gasteiger charge is -2.08. The average molecular weight is 385 g/mol. The van der Waals surface area contributed by atoms with Crippen molar-refractivity contribution in [2.75, 3.05) is 5.75 Å². The van der Waals surface area contributed by atoms with E-state index >= 15 is 0 Å². The van der Waals surface area contributed by atoms with Crippen LogP contribution >= 0.6 is 11.8 Å². The van der Waals surface area contributed by atoms with Crippen LogP contribution in [0.5, 0.6) is 0 Å². The van der Waals surface area contributed by atoms with Gasteiger partial charge in [-0.25, -0.2) is 5.43 Å². The van der Waals surface area contributed by atoms with Gasteiger partial charge in [-0.15, -0.1) is 11.8 Å². The summed E-state index contributed by atoms with van der Waals surface area (Å²) in [4.78, 5) is 13.3. The molecule has 4 heteroatoms. The maximum Gasteiger partial charge on any atom is 0.250 e. The Labute approximate surface area is 168 Å². The molecule has 0 radical (unpaired) electrons. The third-order valence-electron chi connectivity index (χ3n) is 4.65. The molecule has 0 heterocycles. The summed E-state index contributed by atoms with van der Waals surface area (Å²) in [6, 6.07) is 26.7. The minimum atomic E-state index is -0.117. The van der Waals surface area contributed by atoms with E-state index in [0.717, 1.165) is 32.0 Å². The van der Waals surface area contributed by atoms with Crippen molar-refractivity contribution in [3.8, 4) is 0 Å². The summed E-state index contributed by atoms with van der Waals surface area (Å²) < 4.78 is 0. The van der Waals surface area contributed by atoms with Crippen molar-refractivity contribution in [3.63, 3.8) is 0 Å². The molecule has 4 rings (SSSR count). The van der Waals surface area contributed by atoms with Gasteiger partial charge < -0.3 is 0 Å². The summed E-state index contributed by atoms with van der Waals surface area (Å²) in [5, 5.41) is 8.79. The zero-order valence-corrected chi connectivity index (χ0v) is 16.4. The topological polar surface area (TPSA) is 41.5 Å². The number of nitrogens with zero attached hydrogens (tertiary/aromatic N) is 1. The Bertz CT molecular complexity index is 1130. The average Bonchev–Trinajstić information content (AvgIpc) is 2.72. The van der Waals surface area contributed by atoms with Crippen LogP contribution in [-0.2, 0) is 4.79 Å². The molecule has 0 aliphatic carbocycles. The SMILES string of the molecule is Cc1ccccc1SCC(=O)N/N=C/c1c2ccccc2cc2ccccc12. The Morgan fingerprint density at radius 2 is 1.54 bits per heavy atom. The van der Waals surface area contributed by atoms with Gasteiger partial charge in [-0.05, 0) is 46.2 Å². The first-order valence-corrected chi connectivity index (χ1v) is 10.1. The second kappa shape index (κ2) is 8.28. The van der Waals surface area contributed by atoms with Gasteiger partial charge in [0.15, 0.2) is 0 Å². The van der Waals surface area contributed by atoms with E-state index in [2.05, 4.69) is 40.9 Å². The Hall–Kier alpha value is -3.11. The number of thioether (sulfide) groups is 1. The van der Waals surface area contributed by atoms with E-state index < -0.39 is 0 Å². The molecular weight excluding hydrogens is 364 g/mol. The van der Waals surface area contributed by atoms with Gasteiger partial charge in [0.1, 0.15) is 0 Å². The molecule has 0 aliphatic rings. The maximum atomic E-state index is 12.2. The number of fused-ring (bicyclic) bond motifs is 2. The zero-order valence-electron chi connectivity index (χ0n) is 15.6. The first-order chi connectivity index (χ1) is 13.7. The minimum absolute atomic E-state index is 0.117. The van der Waals surface area contributed by atoms with Crippen molar-refractivity contribution in [2.24, 2.45) is 5.10 Å². The van der Waals surface area contributed by atoms with Crippen molar-refractivity contribution < 1.29 is 4.79 Å². The van der Waals surface area contributed by atoms with Crippen molar-refractivity contribution in [1.29, 1.82) is 0 Å². The molecule has 0 atom stereocenters. The minimum Gasteiger partial charge on any atom is -0.272 e. The second-order valence-electron chi connectivity index (χ2n) is 6.58. The highest BCUT2D eigenvalue weighted by Gasteiger charge is 2.06. The van der Waals surface area contributed by atoms with Gasteiger partial charge in [0, 0.05) is 10.5 Å². The third kappa shape index (κ3) is 3.92. The first kappa shape index (κ1) is 18.3. The number of hydrogen-bond acceptors (Lipinski definition) is 3. The molecule has 3 nitrogen and oxygen atoms in total. The molecule has 0 aliphatic heterocycles. The van der Waals surface area contributed by atoms with Crippen LogP contribution in [0.25, 0.3) is 21.5 Å². The molecule has 4 aromatic rings. The number of rotatable bonds is 5. The van der Waals surface area contributed by atoms with Crippen LogP contribution in [0.1, 0.15) is 11.1 Å². The molecule has 4 aromatic carbocycles. The van der Waals surface area contributed by atoms with E-state index in [1.54, 1.807) is 6.21 Å². The predicted molar refractivity (Wildman–Crippen MR) is 119 cm³/mol. The highest BCUT2D eigenvalue weighted by molar-refractivity contribution is 8.00. The van der Waals surface area contributed by atoms with Gasteiger partial charge in [0.25, 0.3) is 0 Å². The zero-order chi connectivity index (χ0) is 19.3. The van der Waals surface area contributed by atoms with Crippen LogP contribution in [0.2, 0.25) is 0 Å². The molecule has 0 saturated carbocycles. The van der Waals surface area contributed by atoms with Crippen LogP contribution in [0.15, 0.2) is 88.9 Å². The van der Waals surface area contributed by atoms with Crippen molar-refractivity contribution in [3.05, 3.63) is 90.0 Å². The Morgan fingerprint density at radius 3 is 2.21 bits per heavy atom.